The van der Waals surface area contributed by atoms with Crippen LogP contribution in [0.4, 0.5) is 0 Å². The molecule has 0 aromatic carbocycles. The molecule has 0 bridgehead atoms. The van der Waals surface area contributed by atoms with Gasteiger partial charge in [0.05, 0.1) is 17.2 Å². The molecule has 0 aliphatic heterocycles. The first-order valence-corrected chi connectivity index (χ1v) is 9.84. The van der Waals surface area contributed by atoms with Crippen molar-refractivity contribution in [3.63, 3.8) is 0 Å². The van der Waals surface area contributed by atoms with Gasteiger partial charge in [0.1, 0.15) is 5.69 Å². The lowest BCUT2D eigenvalue weighted by Gasteiger charge is -2.29. The smallest absolute Gasteiger partial charge is 0.270 e. The van der Waals surface area contributed by atoms with E-state index in [4.69, 9.17) is 0 Å². The molecule has 0 unspecified atom stereocenters. The van der Waals surface area contributed by atoms with E-state index in [1.807, 2.05) is 12.1 Å². The third kappa shape index (κ3) is 3.95. The summed E-state index contributed by atoms with van der Waals surface area (Å²) in [5, 5.41) is 9.34. The molecule has 3 aromatic heterocycles. The van der Waals surface area contributed by atoms with Crippen molar-refractivity contribution in [3.8, 4) is 11.3 Å². The molecule has 3 heterocycles. The lowest BCUT2D eigenvalue weighted by Crippen LogP contribution is -2.39. The Kier molecular flexibility index (Phi) is 5.06. The van der Waals surface area contributed by atoms with Gasteiger partial charge in [-0.1, -0.05) is 0 Å². The number of hydrogen-bond acceptors (Lipinski definition) is 6. The zero-order chi connectivity index (χ0) is 18.6. The first-order chi connectivity index (χ1) is 13.2. The van der Waals surface area contributed by atoms with Gasteiger partial charge in [-0.05, 0) is 43.9 Å². The number of rotatable bonds is 4. The van der Waals surface area contributed by atoms with E-state index in [9.17, 15) is 9.59 Å². The van der Waals surface area contributed by atoms with Gasteiger partial charge in [-0.15, -0.1) is 11.3 Å². The minimum Gasteiger partial charge on any atom is -0.348 e. The van der Waals surface area contributed by atoms with E-state index < -0.39 is 0 Å². The predicted octanol–water partition coefficient (Wildman–Crippen LogP) is 2.68. The number of carbonyl (C=O) groups is 1. The highest BCUT2D eigenvalue weighted by Gasteiger charge is 2.25. The quantitative estimate of drug-likeness (QED) is 0.750. The molecule has 1 amide bonds. The van der Waals surface area contributed by atoms with Crippen LogP contribution in [-0.4, -0.2) is 31.7 Å². The molecule has 4 rings (SSSR count). The molecule has 27 heavy (non-hydrogen) atoms. The van der Waals surface area contributed by atoms with Gasteiger partial charge in [-0.2, -0.15) is 5.10 Å². The van der Waals surface area contributed by atoms with E-state index >= 15 is 0 Å². The number of nitrogens with one attached hydrogen (secondary N) is 1. The molecule has 1 saturated carbocycles. The second-order valence-electron chi connectivity index (χ2n) is 6.60. The minimum absolute atomic E-state index is 0.0431. The standard InChI is InChI=1S/C19H19N5O2S/c25-18-8-7-16(13-2-1-9-20-10-13)23-24(18)15-5-3-14(4-6-15)22-19(26)17-11-27-12-21-17/h1-2,7-12,14-15H,3-6H2,(H,22,26). The number of pyridine rings is 1. The Morgan fingerprint density at radius 2 is 2.04 bits per heavy atom. The Labute approximate surface area is 160 Å². The van der Waals surface area contributed by atoms with E-state index in [0.29, 0.717) is 5.69 Å². The summed E-state index contributed by atoms with van der Waals surface area (Å²) in [4.78, 5) is 32.6. The topological polar surface area (TPSA) is 89.8 Å². The molecular formula is C19H19N5O2S. The molecule has 0 saturated heterocycles. The minimum atomic E-state index is -0.131. The van der Waals surface area contributed by atoms with Crippen LogP contribution in [0.3, 0.4) is 0 Å². The van der Waals surface area contributed by atoms with Crippen LogP contribution in [0.1, 0.15) is 42.2 Å². The van der Waals surface area contributed by atoms with Crippen LogP contribution >= 0.6 is 11.3 Å². The Morgan fingerprint density at radius 3 is 2.74 bits per heavy atom. The Hall–Kier alpha value is -2.87. The zero-order valence-corrected chi connectivity index (χ0v) is 15.4. The lowest BCUT2D eigenvalue weighted by atomic mass is 9.91. The van der Waals surface area contributed by atoms with E-state index in [0.717, 1.165) is 36.9 Å². The average molecular weight is 381 g/mol. The van der Waals surface area contributed by atoms with Crippen LogP contribution in [0.25, 0.3) is 11.3 Å². The van der Waals surface area contributed by atoms with Gasteiger partial charge in [0, 0.05) is 35.4 Å². The second kappa shape index (κ2) is 7.79. The van der Waals surface area contributed by atoms with Crippen LogP contribution in [0.5, 0.6) is 0 Å². The van der Waals surface area contributed by atoms with Gasteiger partial charge in [0.25, 0.3) is 11.5 Å². The summed E-state index contributed by atoms with van der Waals surface area (Å²) in [6, 6.07) is 7.22. The second-order valence-corrected chi connectivity index (χ2v) is 7.31. The van der Waals surface area contributed by atoms with E-state index in [1.165, 1.54) is 11.3 Å². The summed E-state index contributed by atoms with van der Waals surface area (Å²) in [5.74, 6) is -0.131. The van der Waals surface area contributed by atoms with Crippen molar-refractivity contribution in [1.29, 1.82) is 0 Å². The number of carbonyl (C=O) groups excluding carboxylic acids is 1. The normalized spacial score (nSPS) is 19.6. The maximum atomic E-state index is 12.3. The Balaban J connectivity index is 1.44. The summed E-state index contributed by atoms with van der Waals surface area (Å²) >= 11 is 1.41. The third-order valence-corrected chi connectivity index (χ3v) is 5.41. The van der Waals surface area contributed by atoms with Crippen molar-refractivity contribution in [2.45, 2.75) is 37.8 Å². The lowest BCUT2D eigenvalue weighted by molar-refractivity contribution is 0.0917. The number of nitrogens with zero attached hydrogens (tertiary/aromatic N) is 4. The molecule has 7 nitrogen and oxygen atoms in total. The maximum Gasteiger partial charge on any atom is 0.270 e. The van der Waals surface area contributed by atoms with Gasteiger partial charge in [-0.3, -0.25) is 14.6 Å². The molecule has 0 atom stereocenters. The fourth-order valence-electron chi connectivity index (χ4n) is 3.40. The molecule has 3 aromatic rings. The predicted molar refractivity (Wildman–Crippen MR) is 103 cm³/mol. The van der Waals surface area contributed by atoms with Crippen molar-refractivity contribution in [2.24, 2.45) is 0 Å². The molecule has 138 valence electrons. The number of hydrogen-bond donors (Lipinski definition) is 1. The van der Waals surface area contributed by atoms with Crippen LogP contribution < -0.4 is 10.9 Å². The number of amides is 1. The van der Waals surface area contributed by atoms with Crippen molar-refractivity contribution >= 4 is 17.2 Å². The Morgan fingerprint density at radius 1 is 1.19 bits per heavy atom. The van der Waals surface area contributed by atoms with Crippen molar-refractivity contribution in [2.75, 3.05) is 0 Å². The van der Waals surface area contributed by atoms with Crippen LogP contribution in [0.15, 0.2) is 52.3 Å². The van der Waals surface area contributed by atoms with E-state index in [-0.39, 0.29) is 23.6 Å². The van der Waals surface area contributed by atoms with Gasteiger partial charge in [0.2, 0.25) is 0 Å². The summed E-state index contributed by atoms with van der Waals surface area (Å²) in [7, 11) is 0. The van der Waals surface area contributed by atoms with Gasteiger partial charge in [-0.25, -0.2) is 9.67 Å². The Bertz CT molecular complexity index is 963. The van der Waals surface area contributed by atoms with E-state index in [1.54, 1.807) is 40.1 Å². The van der Waals surface area contributed by atoms with Crippen LogP contribution in [0.2, 0.25) is 0 Å². The molecule has 0 spiro atoms. The highest BCUT2D eigenvalue weighted by Crippen LogP contribution is 2.27. The number of thiazole rings is 1. The first kappa shape index (κ1) is 17.5. The van der Waals surface area contributed by atoms with E-state index in [2.05, 4.69) is 20.4 Å². The fourth-order valence-corrected chi connectivity index (χ4v) is 3.94. The molecule has 1 N–H and O–H groups in total. The van der Waals surface area contributed by atoms with Crippen LogP contribution in [-0.2, 0) is 0 Å². The molecular weight excluding hydrogens is 362 g/mol. The largest absolute Gasteiger partial charge is 0.348 e. The monoisotopic (exact) mass is 381 g/mol. The molecule has 1 aliphatic carbocycles. The zero-order valence-electron chi connectivity index (χ0n) is 14.6. The first-order valence-electron chi connectivity index (χ1n) is 8.90. The molecule has 8 heteroatoms. The van der Waals surface area contributed by atoms with Crippen molar-refractivity contribution in [1.82, 2.24) is 25.1 Å². The molecule has 0 radical (unpaired) electrons. The van der Waals surface area contributed by atoms with Gasteiger partial charge < -0.3 is 5.32 Å². The summed E-state index contributed by atoms with van der Waals surface area (Å²) in [6.07, 6.45) is 6.66. The summed E-state index contributed by atoms with van der Waals surface area (Å²) < 4.78 is 1.58. The highest BCUT2D eigenvalue weighted by atomic mass is 32.1. The van der Waals surface area contributed by atoms with Gasteiger partial charge >= 0.3 is 0 Å². The van der Waals surface area contributed by atoms with Crippen molar-refractivity contribution < 1.29 is 4.79 Å². The van der Waals surface area contributed by atoms with Gasteiger partial charge in [0.15, 0.2) is 0 Å². The summed E-state index contributed by atoms with van der Waals surface area (Å²) in [5.41, 5.74) is 3.64. The number of aromatic nitrogens is 4. The maximum absolute atomic E-state index is 12.3. The van der Waals surface area contributed by atoms with Crippen LogP contribution in [0, 0.1) is 0 Å². The molecule has 1 fully saturated rings. The summed E-state index contributed by atoms with van der Waals surface area (Å²) in [6.45, 7) is 0. The molecule has 1 aliphatic rings. The average Bonchev–Trinajstić information content (AvgIpc) is 3.25. The fraction of sp³-hybridized carbons (Fsp3) is 0.316. The third-order valence-electron chi connectivity index (χ3n) is 4.83. The van der Waals surface area contributed by atoms with Crippen molar-refractivity contribution in [3.05, 3.63) is 63.6 Å². The SMILES string of the molecule is O=C(NC1CCC(n2nc(-c3cccnc3)ccc2=O)CC1)c1cscn1. The highest BCUT2D eigenvalue weighted by molar-refractivity contribution is 7.07.